The van der Waals surface area contributed by atoms with E-state index in [-0.39, 0.29) is 37.5 Å². The molecule has 4 aromatic heterocycles. The molecule has 0 bridgehead atoms. The van der Waals surface area contributed by atoms with Crippen LogP contribution in [-0.4, -0.2) is 73.2 Å². The summed E-state index contributed by atoms with van der Waals surface area (Å²) in [5.74, 6) is 2.62. The van der Waals surface area contributed by atoms with Crippen LogP contribution in [0.1, 0.15) is 146 Å². The molecular weight excluding hydrogens is 1970 g/mol. The van der Waals surface area contributed by atoms with Crippen molar-refractivity contribution in [1.29, 1.82) is 0 Å². The van der Waals surface area contributed by atoms with Gasteiger partial charge < -0.3 is 0 Å². The summed E-state index contributed by atoms with van der Waals surface area (Å²) in [4.78, 5) is 55.6. The summed E-state index contributed by atoms with van der Waals surface area (Å²) in [5, 5.41) is 17.0. The number of rotatable bonds is 25. The van der Waals surface area contributed by atoms with E-state index in [4.69, 9.17) is 26.6 Å². The largest absolute Gasteiger partial charge is 0.296 e. The molecule has 0 spiro atoms. The molecule has 12 aromatic carbocycles. The maximum Gasteiger partial charge on any atom is 0.228 e. The Morgan fingerprint density at radius 1 is 0.277 bits per heavy atom. The summed E-state index contributed by atoms with van der Waals surface area (Å²) in [6.07, 6.45) is 25.6. The number of anilines is 2. The van der Waals surface area contributed by atoms with Gasteiger partial charge in [-0.25, -0.2) is 15.0 Å². The van der Waals surface area contributed by atoms with Gasteiger partial charge >= 0.3 is 124 Å². The first-order chi connectivity index (χ1) is 67.2. The third-order valence-electron chi connectivity index (χ3n) is 24.8. The van der Waals surface area contributed by atoms with Crippen molar-refractivity contribution in [2.24, 2.45) is 0 Å². The Morgan fingerprint density at radius 2 is 0.540 bits per heavy atom. The van der Waals surface area contributed by atoms with Gasteiger partial charge in [0.1, 0.15) is 17.3 Å². The summed E-state index contributed by atoms with van der Waals surface area (Å²) >= 11 is 3.77. The van der Waals surface area contributed by atoms with Gasteiger partial charge in [-0.15, -0.1) is 0 Å². The predicted molar refractivity (Wildman–Crippen MR) is 587 cm³/mol. The second-order valence-electron chi connectivity index (χ2n) is 34.3. The molecule has 2 aliphatic heterocycles. The molecule has 0 saturated carbocycles. The minimum absolute atomic E-state index is 0. The minimum Gasteiger partial charge on any atom is -0.296 e. The second-order valence-corrected chi connectivity index (χ2v) is 56.6. The van der Waals surface area contributed by atoms with Crippen LogP contribution in [-0.2, 0) is 55.7 Å². The fraction of sp³-hybridized carbons (Fsp3) is 0.233. The van der Waals surface area contributed by atoms with E-state index in [1.807, 2.05) is 34.2 Å². The van der Waals surface area contributed by atoms with E-state index in [1.165, 1.54) is 121 Å². The van der Waals surface area contributed by atoms with Gasteiger partial charge in [0.15, 0.2) is 5.82 Å². The summed E-state index contributed by atoms with van der Waals surface area (Å²) < 4.78 is 6.10. The fourth-order valence-electron chi connectivity index (χ4n) is 18.0. The van der Waals surface area contributed by atoms with Gasteiger partial charge in [-0.3, -0.25) is 24.4 Å². The number of carbonyl (C=O) groups excluding carboxylic acids is 2. The molecule has 0 radical (unpaired) electrons. The van der Waals surface area contributed by atoms with Crippen LogP contribution in [0, 0.1) is 0 Å². The molecule has 137 heavy (non-hydrogen) atoms. The Labute approximate surface area is 842 Å². The van der Waals surface area contributed by atoms with Crippen molar-refractivity contribution in [3.05, 3.63) is 441 Å². The third kappa shape index (κ3) is 30.5. The van der Waals surface area contributed by atoms with Gasteiger partial charge in [0.05, 0.1) is 5.69 Å². The van der Waals surface area contributed by atoms with E-state index in [0.29, 0.717) is 18.7 Å². The van der Waals surface area contributed by atoms with E-state index in [2.05, 4.69) is 418 Å². The molecule has 2 fully saturated rings. The van der Waals surface area contributed by atoms with Gasteiger partial charge in [0.25, 0.3) is 0 Å². The van der Waals surface area contributed by atoms with Gasteiger partial charge in [0, 0.05) is 69.4 Å². The van der Waals surface area contributed by atoms with Crippen molar-refractivity contribution in [2.75, 3.05) is 22.9 Å². The second kappa shape index (κ2) is 57.2. The monoisotopic (exact) mass is 2100 g/mol. The zero-order chi connectivity index (χ0) is 93.8. The number of benzene rings is 12. The zero-order valence-electron chi connectivity index (χ0n) is 79.3. The standard InChI is InChI=1S/C18H20N4O.4C18H15P.C13H16ClN3O.C5H4N.3C4H9.Pd.Sn/c23-16-10-2-1-5-12-22(16)18-13-7-6-9-14(13)20-17(21-18)15-8-3-4-11-19-15;4*1-4-10-16(11-5-1)19(17-12-6-2-7-13-17)18-14-8-3-9-15-18;14-13-15-10-6-4-5-9(10)12(16-13)17-8-3-1-2-7-11(17)18;1-2-4-6-5-3-1;3*1-3-4-2;;/h3-4,8,11H,1-2,5-7,9-10,12H2;4*1-15H;1-8H2;1-4H;3*1,3-4H2,2H3;;. The number of aromatic nitrogens is 6. The molecule has 10 nitrogen and oxygen atoms in total. The van der Waals surface area contributed by atoms with Crippen molar-refractivity contribution in [3.8, 4) is 11.5 Å². The van der Waals surface area contributed by atoms with Gasteiger partial charge in [-0.1, -0.05) is 383 Å². The first-order valence-corrected chi connectivity index (χ1v) is 62.1. The van der Waals surface area contributed by atoms with Crippen LogP contribution in [0.2, 0.25) is 18.6 Å². The van der Waals surface area contributed by atoms with E-state index in [9.17, 15) is 9.59 Å². The molecule has 6 heterocycles. The number of aryl methyl sites for hydroxylation is 2. The van der Waals surface area contributed by atoms with Crippen molar-refractivity contribution in [2.45, 2.75) is 162 Å². The number of nitrogens with zero attached hydrogens (tertiary/aromatic N) is 8. The van der Waals surface area contributed by atoms with Gasteiger partial charge in [-0.2, -0.15) is 4.98 Å². The quantitative estimate of drug-likeness (QED) is 0.0315. The first kappa shape index (κ1) is 104. The Morgan fingerprint density at radius 3 is 0.803 bits per heavy atom. The summed E-state index contributed by atoms with van der Waals surface area (Å²) in [6, 6.07) is 142. The molecule has 700 valence electrons. The fourth-order valence-corrected chi connectivity index (χ4v) is 42.8. The van der Waals surface area contributed by atoms with E-state index in [1.54, 1.807) is 9.91 Å². The zero-order valence-corrected chi connectivity index (χ0v) is 88.1. The molecule has 17 heteroatoms. The number of pyridine rings is 2. The van der Waals surface area contributed by atoms with E-state index in [0.717, 1.165) is 124 Å². The van der Waals surface area contributed by atoms with Gasteiger partial charge in [0.2, 0.25) is 17.1 Å². The van der Waals surface area contributed by atoms with E-state index >= 15 is 0 Å². The first-order valence-electron chi connectivity index (χ1n) is 48.9. The van der Waals surface area contributed by atoms with Crippen molar-refractivity contribution in [3.63, 3.8) is 0 Å². The van der Waals surface area contributed by atoms with Crippen LogP contribution >= 0.6 is 43.3 Å². The third-order valence-corrected chi connectivity index (χ3v) is 49.9. The van der Waals surface area contributed by atoms with Crippen LogP contribution in [0.3, 0.4) is 0 Å². The number of halogens is 1. The molecule has 4 aliphatic rings. The smallest absolute Gasteiger partial charge is 0.228 e. The summed E-state index contributed by atoms with van der Waals surface area (Å²) in [5.41, 5.74) is 5.19. The van der Waals surface area contributed by atoms with Crippen LogP contribution < -0.4 is 77.2 Å². The predicted octanol–water partition coefficient (Wildman–Crippen LogP) is 24.4. The minimum atomic E-state index is -2.21. The number of amides is 2. The SMILES string of the molecule is CCC[CH2][Sn]([CH2]CCC)([CH2]CCC)[c]1ccccn1.O=C1CCCCCN1c1nc(-c2ccccn2)nc2c1CCC2.O=C1CCCCCN1c1nc(Cl)nc2c1CCC2.[Pd].c1ccc(P(c2ccccc2)c2ccccc2)cc1.c1ccc(P(c2ccccc2)c2ccccc2)cc1.c1ccc(P(c2ccccc2)c2ccccc2)cc1.c1ccc(P(c2ccccc2)c2ccccc2)cc1. The molecule has 16 aromatic rings. The molecule has 2 aliphatic carbocycles. The molecule has 2 saturated heterocycles. The molecule has 0 unspecified atom stereocenters. The number of hydrogen-bond donors (Lipinski definition) is 0. The Kier molecular flexibility index (Phi) is 43.3. The molecule has 0 N–H and O–H groups in total. The maximum absolute atomic E-state index is 12.5. The molecular formula is C120H127ClN8O2P4PdSn. The number of unbranched alkanes of at least 4 members (excludes halogenated alkanes) is 3. The van der Waals surface area contributed by atoms with Crippen LogP contribution in [0.25, 0.3) is 11.5 Å². The van der Waals surface area contributed by atoms with Crippen molar-refractivity contribution >= 4 is 152 Å². The summed E-state index contributed by atoms with van der Waals surface area (Å²) in [7, 11) is -1.78. The number of hydrogen-bond acceptors (Lipinski definition) is 8. The number of carbonyl (C=O) groups is 2. The van der Waals surface area contributed by atoms with E-state index < -0.39 is 50.1 Å². The molecule has 0 atom stereocenters. The Hall–Kier alpha value is -10.5. The van der Waals surface area contributed by atoms with Gasteiger partial charge in [-0.05, 0) is 183 Å². The van der Waals surface area contributed by atoms with Crippen LogP contribution in [0.5, 0.6) is 0 Å². The Bertz CT molecular complexity index is 5280. The van der Waals surface area contributed by atoms with Crippen molar-refractivity contribution < 1.29 is 30.0 Å². The number of fused-ring (bicyclic) bond motifs is 2. The molecule has 2 amide bonds. The van der Waals surface area contributed by atoms with Crippen molar-refractivity contribution in [1.82, 2.24) is 29.9 Å². The maximum atomic E-state index is 12.5. The average molecular weight is 2100 g/mol. The Balaban J connectivity index is 0.000000135. The average Bonchev–Trinajstić information content (AvgIpc) is 1.65. The van der Waals surface area contributed by atoms with Crippen LogP contribution in [0.4, 0.5) is 11.6 Å². The molecule has 20 rings (SSSR count). The summed E-state index contributed by atoms with van der Waals surface area (Å²) in [6.45, 7) is 8.51. The van der Waals surface area contributed by atoms with Crippen LogP contribution in [0.15, 0.2) is 413 Å². The topological polar surface area (TPSA) is 118 Å². The normalized spacial score (nSPS) is 13.1.